The minimum absolute atomic E-state index is 0.0901. The molecule has 2 aliphatic carbocycles. The third-order valence-corrected chi connectivity index (χ3v) is 5.94. The first-order valence-corrected chi connectivity index (χ1v) is 10.8. The first-order valence-electron chi connectivity index (χ1n) is 10.8. The molecule has 1 aromatic carbocycles. The number of ether oxygens (including phenoxy) is 1. The molecule has 8 heteroatoms. The minimum atomic E-state index is -0.715. The Morgan fingerprint density at radius 2 is 1.93 bits per heavy atom. The SMILES string of the molecule is O=C(OCC(=O)N(C1=CCCCC1)C1CC1)c1ccc(N2CCCC2)c([N+](=O)[O-])c1. The average Bonchev–Trinajstić information content (AvgIpc) is 3.43. The maximum absolute atomic E-state index is 12.8. The maximum atomic E-state index is 12.8. The number of allylic oxidation sites excluding steroid dienone is 2. The smallest absolute Gasteiger partial charge is 0.338 e. The molecule has 2 fully saturated rings. The summed E-state index contributed by atoms with van der Waals surface area (Å²) in [7, 11) is 0. The minimum Gasteiger partial charge on any atom is -0.452 e. The number of nitro groups is 1. The zero-order chi connectivity index (χ0) is 21.1. The van der Waals surface area contributed by atoms with Gasteiger partial charge in [0.25, 0.3) is 11.6 Å². The van der Waals surface area contributed by atoms with E-state index in [2.05, 4.69) is 6.08 Å². The molecule has 4 rings (SSSR count). The highest BCUT2D eigenvalue weighted by Crippen LogP contribution is 2.34. The molecule has 0 aromatic heterocycles. The molecule has 1 heterocycles. The van der Waals surface area contributed by atoms with E-state index in [4.69, 9.17) is 4.74 Å². The molecular formula is C22H27N3O5. The molecule has 160 valence electrons. The number of rotatable bonds is 7. The van der Waals surface area contributed by atoms with Crippen molar-refractivity contribution in [1.82, 2.24) is 4.90 Å². The number of amides is 1. The molecule has 0 bridgehead atoms. The predicted octanol–water partition coefficient (Wildman–Crippen LogP) is 3.80. The van der Waals surface area contributed by atoms with Crippen molar-refractivity contribution in [2.75, 3.05) is 24.6 Å². The van der Waals surface area contributed by atoms with Gasteiger partial charge in [0.05, 0.1) is 10.5 Å². The first kappa shape index (κ1) is 20.4. The molecule has 30 heavy (non-hydrogen) atoms. The largest absolute Gasteiger partial charge is 0.452 e. The van der Waals surface area contributed by atoms with E-state index in [0.717, 1.165) is 70.2 Å². The van der Waals surface area contributed by atoms with Gasteiger partial charge in [-0.1, -0.05) is 6.08 Å². The van der Waals surface area contributed by atoms with E-state index in [0.29, 0.717) is 5.69 Å². The fourth-order valence-corrected chi connectivity index (χ4v) is 4.27. The lowest BCUT2D eigenvalue weighted by molar-refractivity contribution is -0.384. The summed E-state index contributed by atoms with van der Waals surface area (Å²) in [5, 5.41) is 11.5. The van der Waals surface area contributed by atoms with Crippen LogP contribution in [0.15, 0.2) is 30.0 Å². The molecule has 8 nitrogen and oxygen atoms in total. The standard InChI is InChI=1S/C22H27N3O5/c26-21(24(18-9-10-18)17-6-2-1-3-7-17)15-30-22(27)16-8-11-19(20(14-16)25(28)29)23-12-4-5-13-23/h6,8,11,14,18H,1-5,7,9-10,12-13,15H2. The number of nitro benzene ring substituents is 1. The van der Waals surface area contributed by atoms with Crippen molar-refractivity contribution in [1.29, 1.82) is 0 Å². The summed E-state index contributed by atoms with van der Waals surface area (Å²) >= 11 is 0. The van der Waals surface area contributed by atoms with Crippen molar-refractivity contribution >= 4 is 23.3 Å². The molecule has 0 radical (unpaired) electrons. The van der Waals surface area contributed by atoms with Crippen LogP contribution in [0.25, 0.3) is 0 Å². The van der Waals surface area contributed by atoms with Gasteiger partial charge >= 0.3 is 5.97 Å². The summed E-state index contributed by atoms with van der Waals surface area (Å²) in [6.07, 6.45) is 10.1. The van der Waals surface area contributed by atoms with Crippen LogP contribution in [0.1, 0.15) is 61.7 Å². The van der Waals surface area contributed by atoms with Gasteiger partial charge in [0.1, 0.15) is 5.69 Å². The van der Waals surface area contributed by atoms with Crippen LogP contribution in [-0.4, -0.2) is 47.4 Å². The second kappa shape index (κ2) is 8.85. The van der Waals surface area contributed by atoms with Crippen LogP contribution in [0.5, 0.6) is 0 Å². The number of carbonyl (C=O) groups excluding carboxylic acids is 2. The fourth-order valence-electron chi connectivity index (χ4n) is 4.27. The molecule has 1 saturated carbocycles. The summed E-state index contributed by atoms with van der Waals surface area (Å²) in [6, 6.07) is 4.60. The maximum Gasteiger partial charge on any atom is 0.338 e. The van der Waals surface area contributed by atoms with E-state index < -0.39 is 10.9 Å². The molecule has 1 amide bonds. The van der Waals surface area contributed by atoms with Gasteiger partial charge < -0.3 is 14.5 Å². The Labute approximate surface area is 175 Å². The summed E-state index contributed by atoms with van der Waals surface area (Å²) in [4.78, 5) is 40.1. The Bertz CT molecular complexity index is 872. The normalized spacial score (nSPS) is 18.7. The Kier molecular flexibility index (Phi) is 6.01. The molecule has 1 aliphatic heterocycles. The number of esters is 1. The Balaban J connectivity index is 1.43. The van der Waals surface area contributed by atoms with E-state index in [1.54, 1.807) is 11.0 Å². The van der Waals surface area contributed by atoms with Crippen LogP contribution >= 0.6 is 0 Å². The lowest BCUT2D eigenvalue weighted by Gasteiger charge is -2.27. The number of hydrogen-bond acceptors (Lipinski definition) is 6. The van der Waals surface area contributed by atoms with E-state index >= 15 is 0 Å². The molecule has 0 unspecified atom stereocenters. The third-order valence-electron chi connectivity index (χ3n) is 5.94. The van der Waals surface area contributed by atoms with Crippen molar-refractivity contribution in [3.05, 3.63) is 45.6 Å². The monoisotopic (exact) mass is 413 g/mol. The van der Waals surface area contributed by atoms with Crippen molar-refractivity contribution in [3.8, 4) is 0 Å². The summed E-state index contributed by atoms with van der Waals surface area (Å²) in [6.45, 7) is 1.19. The van der Waals surface area contributed by atoms with E-state index in [1.807, 2.05) is 4.90 Å². The van der Waals surface area contributed by atoms with E-state index in [1.165, 1.54) is 12.1 Å². The highest BCUT2D eigenvalue weighted by atomic mass is 16.6. The average molecular weight is 413 g/mol. The molecule has 0 N–H and O–H groups in total. The lowest BCUT2D eigenvalue weighted by atomic mass is 10.0. The third kappa shape index (κ3) is 4.47. The van der Waals surface area contributed by atoms with Crippen LogP contribution in [0, 0.1) is 10.1 Å². The van der Waals surface area contributed by atoms with Crippen LogP contribution in [-0.2, 0) is 9.53 Å². The van der Waals surface area contributed by atoms with Gasteiger partial charge in [-0.2, -0.15) is 0 Å². The van der Waals surface area contributed by atoms with Crippen molar-refractivity contribution in [2.24, 2.45) is 0 Å². The Hall–Kier alpha value is -2.90. The second-order valence-electron chi connectivity index (χ2n) is 8.17. The molecule has 0 atom stereocenters. The van der Waals surface area contributed by atoms with Crippen LogP contribution in [0.3, 0.4) is 0 Å². The van der Waals surface area contributed by atoms with Gasteiger partial charge in [-0.15, -0.1) is 0 Å². The summed E-state index contributed by atoms with van der Waals surface area (Å²) < 4.78 is 5.25. The number of nitrogens with zero attached hydrogens (tertiary/aromatic N) is 3. The summed E-state index contributed by atoms with van der Waals surface area (Å²) in [5.41, 5.74) is 1.54. The molecule has 3 aliphatic rings. The van der Waals surface area contributed by atoms with Gasteiger partial charge in [0.2, 0.25) is 0 Å². The van der Waals surface area contributed by atoms with Crippen molar-refractivity contribution < 1.29 is 19.2 Å². The van der Waals surface area contributed by atoms with Crippen molar-refractivity contribution in [3.63, 3.8) is 0 Å². The van der Waals surface area contributed by atoms with Gasteiger partial charge in [0.15, 0.2) is 6.61 Å². The zero-order valence-corrected chi connectivity index (χ0v) is 17.0. The second-order valence-corrected chi connectivity index (χ2v) is 8.17. The number of carbonyl (C=O) groups is 2. The van der Waals surface area contributed by atoms with E-state index in [9.17, 15) is 19.7 Å². The Morgan fingerprint density at radius 3 is 2.57 bits per heavy atom. The summed E-state index contributed by atoms with van der Waals surface area (Å²) in [5.74, 6) is -0.935. The van der Waals surface area contributed by atoms with Crippen molar-refractivity contribution in [2.45, 2.75) is 57.4 Å². The van der Waals surface area contributed by atoms with Gasteiger partial charge in [-0.25, -0.2) is 4.79 Å². The predicted molar refractivity (Wildman–Crippen MR) is 111 cm³/mol. The quantitative estimate of drug-likeness (QED) is 0.383. The molecule has 0 spiro atoms. The fraction of sp³-hybridized carbons (Fsp3) is 0.545. The number of hydrogen-bond donors (Lipinski definition) is 0. The molecular weight excluding hydrogens is 386 g/mol. The lowest BCUT2D eigenvalue weighted by Crippen LogP contribution is -2.36. The van der Waals surface area contributed by atoms with Gasteiger partial charge in [-0.05, 0) is 63.5 Å². The zero-order valence-electron chi connectivity index (χ0n) is 17.0. The van der Waals surface area contributed by atoms with Crippen LogP contribution in [0.4, 0.5) is 11.4 Å². The first-order chi connectivity index (χ1) is 14.5. The van der Waals surface area contributed by atoms with Crippen LogP contribution in [0.2, 0.25) is 0 Å². The topological polar surface area (TPSA) is 93.0 Å². The van der Waals surface area contributed by atoms with Gasteiger partial charge in [-0.3, -0.25) is 14.9 Å². The Morgan fingerprint density at radius 1 is 1.17 bits per heavy atom. The molecule has 1 aromatic rings. The highest BCUT2D eigenvalue weighted by Gasteiger charge is 2.35. The number of benzene rings is 1. The highest BCUT2D eigenvalue weighted by molar-refractivity contribution is 5.93. The van der Waals surface area contributed by atoms with Gasteiger partial charge in [0, 0.05) is 30.9 Å². The van der Waals surface area contributed by atoms with E-state index in [-0.39, 0.29) is 29.8 Å². The van der Waals surface area contributed by atoms with Crippen LogP contribution < -0.4 is 4.90 Å². The number of anilines is 1. The molecule has 1 saturated heterocycles.